The number of piperidine rings is 1. The lowest BCUT2D eigenvalue weighted by atomic mass is 10.0. The molecule has 7 heteroatoms. The number of para-hydroxylation sites is 1. The Labute approximate surface area is 148 Å². The Morgan fingerprint density at radius 2 is 2.08 bits per heavy atom. The summed E-state index contributed by atoms with van der Waals surface area (Å²) in [5.41, 5.74) is 1.82. The first kappa shape index (κ1) is 17.7. The molecule has 3 rings (SSSR count). The molecule has 1 aliphatic heterocycles. The fourth-order valence-electron chi connectivity index (χ4n) is 3.37. The molecule has 1 atom stereocenters. The number of hydrogen-bond donors (Lipinski definition) is 1. The van der Waals surface area contributed by atoms with Gasteiger partial charge in [-0.05, 0) is 30.9 Å². The number of benzene rings is 1. The first-order valence-electron chi connectivity index (χ1n) is 8.49. The molecule has 0 unspecified atom stereocenters. The smallest absolute Gasteiger partial charge is 0.317 e. The van der Waals surface area contributed by atoms with Crippen molar-refractivity contribution in [3.05, 3.63) is 42.1 Å². The molecular weight excluding hydrogens is 338 g/mol. The highest BCUT2D eigenvalue weighted by Crippen LogP contribution is 2.19. The summed E-state index contributed by atoms with van der Waals surface area (Å²) >= 11 is 0. The Kier molecular flexibility index (Phi) is 5.22. The van der Waals surface area contributed by atoms with Gasteiger partial charge in [0.25, 0.3) is 0 Å². The van der Waals surface area contributed by atoms with Gasteiger partial charge in [0.15, 0.2) is 0 Å². The van der Waals surface area contributed by atoms with Crippen molar-refractivity contribution in [2.75, 3.05) is 18.6 Å². The van der Waals surface area contributed by atoms with Gasteiger partial charge in [-0.25, -0.2) is 13.2 Å². The van der Waals surface area contributed by atoms with Crippen LogP contribution in [0.4, 0.5) is 4.79 Å². The lowest BCUT2D eigenvalue weighted by Gasteiger charge is -2.35. The van der Waals surface area contributed by atoms with Crippen LogP contribution in [0.15, 0.2) is 36.5 Å². The van der Waals surface area contributed by atoms with Crippen LogP contribution in [-0.2, 0) is 16.4 Å². The molecule has 1 fully saturated rings. The summed E-state index contributed by atoms with van der Waals surface area (Å²) in [4.78, 5) is 18.7. The van der Waals surface area contributed by atoms with E-state index in [1.165, 1.54) is 6.26 Å². The van der Waals surface area contributed by atoms with E-state index in [2.05, 4.69) is 10.3 Å². The number of aromatic nitrogens is 1. The Bertz CT molecular complexity index is 862. The van der Waals surface area contributed by atoms with Gasteiger partial charge in [0.2, 0.25) is 0 Å². The number of nitrogens with zero attached hydrogens (tertiary/aromatic N) is 2. The number of nitrogens with one attached hydrogen (secondary N) is 1. The maximum absolute atomic E-state index is 12.6. The number of carbonyl (C=O) groups is 1. The Hall–Kier alpha value is -2.15. The van der Waals surface area contributed by atoms with Crippen LogP contribution in [0.25, 0.3) is 10.9 Å². The molecule has 2 heterocycles. The molecule has 1 aromatic heterocycles. The second-order valence-corrected chi connectivity index (χ2v) is 8.77. The lowest BCUT2D eigenvalue weighted by Crippen LogP contribution is -2.50. The van der Waals surface area contributed by atoms with Crippen LogP contribution in [0.1, 0.15) is 24.8 Å². The third-order valence-electron chi connectivity index (χ3n) is 4.53. The van der Waals surface area contributed by atoms with Gasteiger partial charge in [0, 0.05) is 37.0 Å². The highest BCUT2D eigenvalue weighted by molar-refractivity contribution is 7.90. The largest absolute Gasteiger partial charge is 0.334 e. The van der Waals surface area contributed by atoms with Crippen LogP contribution < -0.4 is 5.32 Å². The molecule has 1 aliphatic rings. The summed E-state index contributed by atoms with van der Waals surface area (Å²) < 4.78 is 23.3. The van der Waals surface area contributed by atoms with Crippen molar-refractivity contribution in [2.24, 2.45) is 0 Å². The summed E-state index contributed by atoms with van der Waals surface area (Å²) in [6, 6.07) is 9.30. The zero-order valence-corrected chi connectivity index (χ0v) is 15.1. The second-order valence-electron chi connectivity index (χ2n) is 6.59. The van der Waals surface area contributed by atoms with Gasteiger partial charge in [0.1, 0.15) is 9.84 Å². The van der Waals surface area contributed by atoms with Crippen LogP contribution in [0.2, 0.25) is 0 Å². The number of likely N-dealkylation sites (tertiary alicyclic amines) is 1. The summed E-state index contributed by atoms with van der Waals surface area (Å²) in [6.07, 6.45) is 5.55. The molecule has 134 valence electrons. The Balaban J connectivity index is 1.70. The minimum absolute atomic E-state index is 0.0241. The van der Waals surface area contributed by atoms with Crippen molar-refractivity contribution in [3.8, 4) is 0 Å². The van der Waals surface area contributed by atoms with E-state index >= 15 is 0 Å². The molecule has 0 saturated carbocycles. The molecule has 0 bridgehead atoms. The highest BCUT2D eigenvalue weighted by Gasteiger charge is 2.29. The molecule has 0 spiro atoms. The summed E-state index contributed by atoms with van der Waals surface area (Å²) in [7, 11) is -3.12. The first-order valence-corrected chi connectivity index (χ1v) is 10.5. The van der Waals surface area contributed by atoms with E-state index in [1.54, 1.807) is 11.1 Å². The molecule has 0 aliphatic carbocycles. The molecule has 1 aromatic carbocycles. The number of carbonyl (C=O) groups excluding carboxylic acids is 1. The van der Waals surface area contributed by atoms with E-state index in [0.29, 0.717) is 13.1 Å². The van der Waals surface area contributed by atoms with Crippen molar-refractivity contribution in [2.45, 2.75) is 31.8 Å². The molecule has 0 radical (unpaired) electrons. The van der Waals surface area contributed by atoms with Crippen molar-refractivity contribution < 1.29 is 13.2 Å². The number of hydrogen-bond acceptors (Lipinski definition) is 4. The number of pyridine rings is 1. The van der Waals surface area contributed by atoms with E-state index in [-0.39, 0.29) is 17.8 Å². The number of urea groups is 1. The van der Waals surface area contributed by atoms with Crippen LogP contribution in [0.5, 0.6) is 0 Å². The normalized spacial score (nSPS) is 18.3. The van der Waals surface area contributed by atoms with Gasteiger partial charge in [-0.2, -0.15) is 0 Å². The second kappa shape index (κ2) is 7.39. The van der Waals surface area contributed by atoms with Gasteiger partial charge >= 0.3 is 6.03 Å². The Morgan fingerprint density at radius 3 is 2.88 bits per heavy atom. The molecular formula is C18H23N3O3S. The zero-order chi connectivity index (χ0) is 17.9. The summed E-state index contributed by atoms with van der Waals surface area (Å²) in [5, 5.41) is 3.96. The standard InChI is InChI=1S/C18H23N3O3S/c1-25(23,24)13-16-9-2-3-11-21(16)18(22)20-12-15-7-4-6-14-8-5-10-19-17(14)15/h4-8,10,16H,2-3,9,11-13H2,1H3,(H,20,22)/t16-/m1/s1. The predicted molar refractivity (Wildman–Crippen MR) is 98.0 cm³/mol. The summed E-state index contributed by atoms with van der Waals surface area (Å²) in [5.74, 6) is 0.0241. The molecule has 2 amide bonds. The van der Waals surface area contributed by atoms with Crippen LogP contribution >= 0.6 is 0 Å². The SMILES string of the molecule is CS(=O)(=O)C[C@H]1CCCCN1C(=O)NCc1cccc2cccnc12. The molecule has 6 nitrogen and oxygen atoms in total. The van der Waals surface area contributed by atoms with E-state index < -0.39 is 9.84 Å². The van der Waals surface area contributed by atoms with Gasteiger partial charge < -0.3 is 10.2 Å². The van der Waals surface area contributed by atoms with Gasteiger partial charge in [0.05, 0.1) is 11.3 Å². The maximum Gasteiger partial charge on any atom is 0.317 e. The topological polar surface area (TPSA) is 79.4 Å². The minimum Gasteiger partial charge on any atom is -0.334 e. The van der Waals surface area contributed by atoms with Gasteiger partial charge in [-0.3, -0.25) is 4.98 Å². The van der Waals surface area contributed by atoms with E-state index in [9.17, 15) is 13.2 Å². The van der Waals surface area contributed by atoms with Crippen LogP contribution in [0.3, 0.4) is 0 Å². The quantitative estimate of drug-likeness (QED) is 0.906. The maximum atomic E-state index is 12.6. The monoisotopic (exact) mass is 361 g/mol. The fraction of sp³-hybridized carbons (Fsp3) is 0.444. The minimum atomic E-state index is -3.12. The molecule has 2 aromatic rings. The van der Waals surface area contributed by atoms with Crippen LogP contribution in [-0.4, -0.2) is 48.9 Å². The van der Waals surface area contributed by atoms with Crippen molar-refractivity contribution in [1.82, 2.24) is 15.2 Å². The third-order valence-corrected chi connectivity index (χ3v) is 5.52. The fourth-order valence-corrected chi connectivity index (χ4v) is 4.42. The van der Waals surface area contributed by atoms with Crippen molar-refractivity contribution >= 4 is 26.8 Å². The zero-order valence-electron chi connectivity index (χ0n) is 14.3. The third kappa shape index (κ3) is 4.48. The molecule has 1 saturated heterocycles. The lowest BCUT2D eigenvalue weighted by molar-refractivity contribution is 0.159. The number of rotatable bonds is 4. The number of sulfone groups is 1. The average molecular weight is 361 g/mol. The number of fused-ring (bicyclic) bond motifs is 1. The van der Waals surface area contributed by atoms with Crippen molar-refractivity contribution in [1.29, 1.82) is 0 Å². The van der Waals surface area contributed by atoms with Gasteiger partial charge in [-0.15, -0.1) is 0 Å². The highest BCUT2D eigenvalue weighted by atomic mass is 32.2. The van der Waals surface area contributed by atoms with E-state index in [4.69, 9.17) is 0 Å². The number of amides is 2. The van der Waals surface area contributed by atoms with Crippen molar-refractivity contribution in [3.63, 3.8) is 0 Å². The Morgan fingerprint density at radius 1 is 1.28 bits per heavy atom. The first-order chi connectivity index (χ1) is 11.9. The van der Waals surface area contributed by atoms with E-state index in [1.807, 2.05) is 30.3 Å². The molecule has 1 N–H and O–H groups in total. The molecule has 25 heavy (non-hydrogen) atoms. The summed E-state index contributed by atoms with van der Waals surface area (Å²) in [6.45, 7) is 0.967. The predicted octanol–water partition coefficient (Wildman–Crippen LogP) is 2.34. The average Bonchev–Trinajstić information content (AvgIpc) is 2.58. The van der Waals surface area contributed by atoms with E-state index in [0.717, 1.165) is 35.7 Å². The van der Waals surface area contributed by atoms with Crippen LogP contribution in [0, 0.1) is 0 Å². The van der Waals surface area contributed by atoms with Gasteiger partial charge in [-0.1, -0.05) is 24.3 Å².